The van der Waals surface area contributed by atoms with Gasteiger partial charge in [-0.1, -0.05) is 31.4 Å². The molecule has 0 radical (unpaired) electrons. The standard InChI is InChI=1S/C21H25N5O4/c27-17(24-26-18(28)21(23-19(26)29)10-4-1-5-11-21)14-8-12-25(13-9-14)20-22-15-6-2-3-7-16(15)30-20/h2-3,6-7,14H,1,4-5,8-13H2,(H,23,29)(H,24,27). The van der Waals surface area contributed by atoms with Crippen molar-refractivity contribution in [2.75, 3.05) is 18.0 Å². The van der Waals surface area contributed by atoms with Gasteiger partial charge in [-0.25, -0.2) is 4.79 Å². The van der Waals surface area contributed by atoms with Gasteiger partial charge in [-0.15, -0.1) is 0 Å². The maximum atomic E-state index is 12.8. The predicted molar refractivity (Wildman–Crippen MR) is 108 cm³/mol. The van der Waals surface area contributed by atoms with Crippen molar-refractivity contribution in [3.63, 3.8) is 0 Å². The summed E-state index contributed by atoms with van der Waals surface area (Å²) in [5.74, 6) is -0.887. The molecule has 158 valence electrons. The molecule has 0 atom stereocenters. The number of anilines is 1. The van der Waals surface area contributed by atoms with Crippen molar-refractivity contribution in [3.8, 4) is 0 Å². The Hall–Kier alpha value is -3.10. The number of fused-ring (bicyclic) bond motifs is 1. The number of carbonyl (C=O) groups excluding carboxylic acids is 3. The van der Waals surface area contributed by atoms with E-state index >= 15 is 0 Å². The summed E-state index contributed by atoms with van der Waals surface area (Å²) in [5, 5.41) is 3.70. The number of hydrazine groups is 1. The zero-order valence-corrected chi connectivity index (χ0v) is 16.7. The SMILES string of the molecule is O=C(NN1C(=O)NC2(CCCCC2)C1=O)C1CCN(c2nc3ccccc3o2)CC1. The van der Waals surface area contributed by atoms with Gasteiger partial charge in [0.1, 0.15) is 11.1 Å². The second-order valence-corrected chi connectivity index (χ2v) is 8.42. The van der Waals surface area contributed by atoms with Crippen molar-refractivity contribution < 1.29 is 18.8 Å². The minimum atomic E-state index is -0.834. The first-order chi connectivity index (χ1) is 14.6. The van der Waals surface area contributed by atoms with Crippen molar-refractivity contribution in [1.82, 2.24) is 20.7 Å². The Morgan fingerprint density at radius 3 is 2.60 bits per heavy atom. The highest BCUT2D eigenvalue weighted by molar-refractivity contribution is 6.08. The van der Waals surface area contributed by atoms with E-state index in [0.29, 0.717) is 44.8 Å². The molecule has 2 N–H and O–H groups in total. The average molecular weight is 411 g/mol. The van der Waals surface area contributed by atoms with E-state index in [1.54, 1.807) is 0 Å². The van der Waals surface area contributed by atoms with Crippen LogP contribution in [0.4, 0.5) is 10.8 Å². The predicted octanol–water partition coefficient (Wildman–Crippen LogP) is 2.33. The molecule has 2 saturated heterocycles. The number of carbonyl (C=O) groups is 3. The Morgan fingerprint density at radius 1 is 1.13 bits per heavy atom. The zero-order valence-electron chi connectivity index (χ0n) is 16.7. The van der Waals surface area contributed by atoms with Gasteiger partial charge in [-0.05, 0) is 37.8 Å². The molecule has 3 heterocycles. The molecular formula is C21H25N5O4. The van der Waals surface area contributed by atoms with Gasteiger partial charge in [0.2, 0.25) is 5.91 Å². The Kier molecular flexibility index (Phi) is 4.60. The first kappa shape index (κ1) is 18.9. The molecule has 1 aliphatic carbocycles. The molecule has 2 aromatic rings. The molecule has 9 heteroatoms. The molecule has 4 amide bonds. The Balaban J connectivity index is 1.20. The second kappa shape index (κ2) is 7.30. The van der Waals surface area contributed by atoms with Gasteiger partial charge in [0, 0.05) is 19.0 Å². The van der Waals surface area contributed by atoms with Crippen LogP contribution in [0, 0.1) is 5.92 Å². The summed E-state index contributed by atoms with van der Waals surface area (Å²) in [5.41, 5.74) is 3.28. The fraction of sp³-hybridized carbons (Fsp3) is 0.524. The van der Waals surface area contributed by atoms with Gasteiger partial charge in [-0.3, -0.25) is 15.0 Å². The third-order valence-electron chi connectivity index (χ3n) is 6.51. The lowest BCUT2D eigenvalue weighted by Gasteiger charge is -2.31. The highest BCUT2D eigenvalue weighted by Crippen LogP contribution is 2.33. The maximum Gasteiger partial charge on any atom is 0.344 e. The van der Waals surface area contributed by atoms with Gasteiger partial charge in [0.15, 0.2) is 5.58 Å². The highest BCUT2D eigenvalue weighted by Gasteiger charge is 2.52. The second-order valence-electron chi connectivity index (χ2n) is 8.42. The maximum absolute atomic E-state index is 12.8. The third kappa shape index (κ3) is 3.18. The summed E-state index contributed by atoms with van der Waals surface area (Å²) < 4.78 is 5.81. The number of imide groups is 1. The number of hydrogen-bond donors (Lipinski definition) is 2. The minimum absolute atomic E-state index is 0.269. The van der Waals surface area contributed by atoms with E-state index in [1.807, 2.05) is 29.2 Å². The summed E-state index contributed by atoms with van der Waals surface area (Å²) in [6.45, 7) is 1.24. The molecule has 0 unspecified atom stereocenters. The smallest absolute Gasteiger partial charge is 0.344 e. The fourth-order valence-electron chi connectivity index (χ4n) is 4.75. The number of nitrogens with one attached hydrogen (secondary N) is 2. The topological polar surface area (TPSA) is 108 Å². The molecule has 1 aromatic carbocycles. The summed E-state index contributed by atoms with van der Waals surface area (Å²) >= 11 is 0. The number of hydrogen-bond acceptors (Lipinski definition) is 6. The van der Waals surface area contributed by atoms with Gasteiger partial charge in [0.25, 0.3) is 11.9 Å². The van der Waals surface area contributed by atoms with E-state index < -0.39 is 11.6 Å². The molecule has 2 aliphatic heterocycles. The normalized spacial score (nSPS) is 22.0. The zero-order chi connectivity index (χ0) is 20.7. The van der Waals surface area contributed by atoms with Crippen LogP contribution in [-0.2, 0) is 9.59 Å². The first-order valence-electron chi connectivity index (χ1n) is 10.6. The van der Waals surface area contributed by atoms with Crippen LogP contribution < -0.4 is 15.6 Å². The molecule has 1 spiro atoms. The van der Waals surface area contributed by atoms with Crippen molar-refractivity contribution in [2.24, 2.45) is 5.92 Å². The van der Waals surface area contributed by atoms with Crippen molar-refractivity contribution in [1.29, 1.82) is 0 Å². The molecule has 30 heavy (non-hydrogen) atoms. The number of amides is 4. The van der Waals surface area contributed by atoms with Crippen LogP contribution in [0.25, 0.3) is 11.1 Å². The van der Waals surface area contributed by atoms with Gasteiger partial charge >= 0.3 is 6.03 Å². The van der Waals surface area contributed by atoms with Crippen LogP contribution in [0.2, 0.25) is 0 Å². The third-order valence-corrected chi connectivity index (χ3v) is 6.51. The lowest BCUT2D eigenvalue weighted by molar-refractivity contribution is -0.141. The summed E-state index contributed by atoms with van der Waals surface area (Å²) in [6.07, 6.45) is 5.33. The van der Waals surface area contributed by atoms with Gasteiger partial charge in [0.05, 0.1) is 0 Å². The largest absolute Gasteiger partial charge is 0.423 e. The number of benzene rings is 1. The average Bonchev–Trinajstić information content (AvgIpc) is 3.30. The number of rotatable bonds is 3. The Labute approximate surface area is 173 Å². The van der Waals surface area contributed by atoms with Gasteiger partial charge in [-0.2, -0.15) is 9.99 Å². The number of oxazole rings is 1. The molecule has 3 aliphatic rings. The Bertz CT molecular complexity index is 955. The number of aromatic nitrogens is 1. The quantitative estimate of drug-likeness (QED) is 0.751. The van der Waals surface area contributed by atoms with Crippen LogP contribution in [0.3, 0.4) is 0 Å². The molecule has 9 nitrogen and oxygen atoms in total. The van der Waals surface area contributed by atoms with Crippen molar-refractivity contribution in [3.05, 3.63) is 24.3 Å². The van der Waals surface area contributed by atoms with Crippen LogP contribution >= 0.6 is 0 Å². The van der Waals surface area contributed by atoms with Crippen molar-refractivity contribution in [2.45, 2.75) is 50.5 Å². The Morgan fingerprint density at radius 2 is 1.87 bits per heavy atom. The molecule has 0 bridgehead atoms. The van der Waals surface area contributed by atoms with Crippen LogP contribution in [0.5, 0.6) is 0 Å². The summed E-state index contributed by atoms with van der Waals surface area (Å²) in [7, 11) is 0. The summed E-state index contributed by atoms with van der Waals surface area (Å²) in [4.78, 5) is 44.5. The molecule has 3 fully saturated rings. The lowest BCUT2D eigenvalue weighted by Crippen LogP contribution is -2.52. The van der Waals surface area contributed by atoms with E-state index in [4.69, 9.17) is 4.42 Å². The number of nitrogens with zero attached hydrogens (tertiary/aromatic N) is 3. The van der Waals surface area contributed by atoms with E-state index in [1.165, 1.54) is 0 Å². The van der Waals surface area contributed by atoms with Crippen molar-refractivity contribution >= 4 is 35.0 Å². The molecule has 1 saturated carbocycles. The van der Waals surface area contributed by atoms with Crippen LogP contribution in [0.15, 0.2) is 28.7 Å². The molecular weight excluding hydrogens is 386 g/mol. The van der Waals surface area contributed by atoms with E-state index in [-0.39, 0.29) is 17.7 Å². The molecule has 5 rings (SSSR count). The number of para-hydroxylation sites is 2. The van der Waals surface area contributed by atoms with E-state index in [9.17, 15) is 14.4 Å². The highest BCUT2D eigenvalue weighted by atomic mass is 16.4. The number of piperidine rings is 1. The first-order valence-corrected chi connectivity index (χ1v) is 10.6. The fourth-order valence-corrected chi connectivity index (χ4v) is 4.75. The van der Waals surface area contributed by atoms with E-state index in [0.717, 1.165) is 35.4 Å². The number of urea groups is 1. The van der Waals surface area contributed by atoms with Gasteiger partial charge < -0.3 is 14.6 Å². The lowest BCUT2D eigenvalue weighted by atomic mass is 9.82. The van der Waals surface area contributed by atoms with E-state index in [2.05, 4.69) is 15.7 Å². The monoisotopic (exact) mass is 411 g/mol. The van der Waals surface area contributed by atoms with Crippen LogP contribution in [-0.4, -0.2) is 46.5 Å². The minimum Gasteiger partial charge on any atom is -0.423 e. The molecule has 1 aromatic heterocycles. The summed E-state index contributed by atoms with van der Waals surface area (Å²) in [6, 6.07) is 7.63. The van der Waals surface area contributed by atoms with Crippen LogP contribution in [0.1, 0.15) is 44.9 Å².